The van der Waals surface area contributed by atoms with E-state index in [0.717, 1.165) is 37.8 Å². The molecule has 5 heteroatoms. The molecule has 0 bridgehead atoms. The topological polar surface area (TPSA) is 0 Å². The molecule has 0 aliphatic heterocycles. The fraction of sp³-hybridized carbons (Fsp3) is 0.571. The Morgan fingerprint density at radius 1 is 1.11 bits per heavy atom. The second-order valence-corrected chi connectivity index (χ2v) is 5.67. The van der Waals surface area contributed by atoms with E-state index in [0.29, 0.717) is 12.0 Å². The average molecular weight is 295 g/mol. The molecule has 0 nitrogen and oxygen atoms in total. The molecule has 2 atom stereocenters. The van der Waals surface area contributed by atoms with Crippen LogP contribution in [0.4, 0.5) is 17.6 Å². The summed E-state index contributed by atoms with van der Waals surface area (Å²) >= 11 is 6.14. The molecule has 1 saturated carbocycles. The average Bonchev–Trinajstić information content (AvgIpc) is 2.52. The first-order valence-corrected chi connectivity index (χ1v) is 6.82. The van der Waals surface area contributed by atoms with Crippen LogP contribution < -0.4 is 0 Å². The SMILES string of the molecule is Fc1cc(C2CCCCC(Cl)C2)ccc1C(F)(F)F. The molecule has 0 radical (unpaired) electrons. The van der Waals surface area contributed by atoms with Gasteiger partial charge in [0.25, 0.3) is 0 Å². The van der Waals surface area contributed by atoms with Gasteiger partial charge in [0.2, 0.25) is 0 Å². The molecule has 0 N–H and O–H groups in total. The molecule has 1 aliphatic carbocycles. The molecule has 0 aromatic heterocycles. The molecule has 1 fully saturated rings. The molecule has 2 rings (SSSR count). The Bertz CT molecular complexity index is 442. The van der Waals surface area contributed by atoms with Crippen molar-refractivity contribution in [3.8, 4) is 0 Å². The first-order valence-electron chi connectivity index (χ1n) is 6.38. The van der Waals surface area contributed by atoms with Gasteiger partial charge in [-0.15, -0.1) is 11.6 Å². The second kappa shape index (κ2) is 5.70. The maximum Gasteiger partial charge on any atom is 0.419 e. The molecule has 1 aromatic rings. The van der Waals surface area contributed by atoms with Gasteiger partial charge in [-0.3, -0.25) is 0 Å². The molecule has 0 heterocycles. The van der Waals surface area contributed by atoms with E-state index >= 15 is 0 Å². The molecule has 106 valence electrons. The maximum atomic E-state index is 13.5. The van der Waals surface area contributed by atoms with Crippen LogP contribution >= 0.6 is 11.6 Å². The number of rotatable bonds is 1. The van der Waals surface area contributed by atoms with Gasteiger partial charge >= 0.3 is 6.18 Å². The van der Waals surface area contributed by atoms with Crippen LogP contribution in [0.1, 0.15) is 49.1 Å². The molecule has 2 unspecified atom stereocenters. The van der Waals surface area contributed by atoms with Crippen molar-refractivity contribution in [3.05, 3.63) is 35.1 Å². The van der Waals surface area contributed by atoms with Crippen molar-refractivity contribution in [1.29, 1.82) is 0 Å². The number of alkyl halides is 4. The van der Waals surface area contributed by atoms with Crippen molar-refractivity contribution in [2.75, 3.05) is 0 Å². The summed E-state index contributed by atoms with van der Waals surface area (Å²) in [7, 11) is 0. The molecule has 19 heavy (non-hydrogen) atoms. The summed E-state index contributed by atoms with van der Waals surface area (Å²) in [5.41, 5.74) is -0.578. The largest absolute Gasteiger partial charge is 0.419 e. The number of hydrogen-bond acceptors (Lipinski definition) is 0. The van der Waals surface area contributed by atoms with Crippen molar-refractivity contribution >= 4 is 11.6 Å². The Morgan fingerprint density at radius 3 is 2.42 bits per heavy atom. The summed E-state index contributed by atoms with van der Waals surface area (Å²) in [5, 5.41) is 0.0258. The number of hydrogen-bond donors (Lipinski definition) is 0. The Balaban J connectivity index is 2.24. The fourth-order valence-electron chi connectivity index (χ4n) is 2.62. The molecule has 1 aromatic carbocycles. The van der Waals surface area contributed by atoms with E-state index in [9.17, 15) is 17.6 Å². The van der Waals surface area contributed by atoms with Gasteiger partial charge in [-0.05, 0) is 42.9 Å². The summed E-state index contributed by atoms with van der Waals surface area (Å²) in [5.74, 6) is -1.14. The minimum Gasteiger partial charge on any atom is -0.206 e. The Labute approximate surface area is 114 Å². The van der Waals surface area contributed by atoms with Crippen molar-refractivity contribution in [2.24, 2.45) is 0 Å². The minimum atomic E-state index is -4.64. The molecular weight excluding hydrogens is 280 g/mol. The predicted octanol–water partition coefficient (Wildman–Crippen LogP) is 5.50. The second-order valence-electron chi connectivity index (χ2n) is 5.05. The lowest BCUT2D eigenvalue weighted by Gasteiger charge is -2.18. The standard InChI is InChI=1S/C14H15ClF4/c15-11-4-2-1-3-9(7-11)10-5-6-12(13(16)8-10)14(17,18)19/h5-6,8-9,11H,1-4,7H2. The van der Waals surface area contributed by atoms with E-state index < -0.39 is 17.6 Å². The summed E-state index contributed by atoms with van der Waals surface area (Å²) in [6, 6.07) is 3.23. The van der Waals surface area contributed by atoms with Crippen LogP contribution in [0.15, 0.2) is 18.2 Å². The smallest absolute Gasteiger partial charge is 0.206 e. The monoisotopic (exact) mass is 294 g/mol. The highest BCUT2D eigenvalue weighted by molar-refractivity contribution is 6.20. The van der Waals surface area contributed by atoms with Crippen molar-refractivity contribution in [2.45, 2.75) is 49.6 Å². The van der Waals surface area contributed by atoms with E-state index in [4.69, 9.17) is 11.6 Å². The van der Waals surface area contributed by atoms with Crippen LogP contribution in [-0.4, -0.2) is 5.38 Å². The highest BCUT2D eigenvalue weighted by atomic mass is 35.5. The van der Waals surface area contributed by atoms with Crippen LogP contribution in [-0.2, 0) is 6.18 Å². The van der Waals surface area contributed by atoms with Gasteiger partial charge in [-0.25, -0.2) is 4.39 Å². The molecule has 1 aliphatic rings. The summed E-state index contributed by atoms with van der Waals surface area (Å²) < 4.78 is 51.0. The normalized spacial score (nSPS) is 25.1. The Kier molecular flexibility index (Phi) is 4.39. The van der Waals surface area contributed by atoms with Crippen LogP contribution in [0.25, 0.3) is 0 Å². The van der Waals surface area contributed by atoms with Crippen LogP contribution in [0, 0.1) is 5.82 Å². The lowest BCUT2D eigenvalue weighted by atomic mass is 9.91. The van der Waals surface area contributed by atoms with Gasteiger partial charge in [-0.1, -0.05) is 18.9 Å². The van der Waals surface area contributed by atoms with Gasteiger partial charge < -0.3 is 0 Å². The zero-order chi connectivity index (χ0) is 14.0. The Hall–Kier alpha value is -0.770. The minimum absolute atomic E-state index is 0.0258. The van der Waals surface area contributed by atoms with E-state index in [-0.39, 0.29) is 11.3 Å². The predicted molar refractivity (Wildman–Crippen MR) is 66.9 cm³/mol. The van der Waals surface area contributed by atoms with Gasteiger partial charge in [-0.2, -0.15) is 13.2 Å². The summed E-state index contributed by atoms with van der Waals surface area (Å²) in [6.45, 7) is 0. The van der Waals surface area contributed by atoms with Crippen LogP contribution in [0.5, 0.6) is 0 Å². The highest BCUT2D eigenvalue weighted by Gasteiger charge is 2.34. The molecular formula is C14H15ClF4. The van der Waals surface area contributed by atoms with Crippen LogP contribution in [0.3, 0.4) is 0 Å². The van der Waals surface area contributed by atoms with Gasteiger partial charge in [0.1, 0.15) is 5.82 Å². The lowest BCUT2D eigenvalue weighted by Crippen LogP contribution is -2.10. The van der Waals surface area contributed by atoms with Crippen LogP contribution in [0.2, 0.25) is 0 Å². The zero-order valence-electron chi connectivity index (χ0n) is 10.3. The quantitative estimate of drug-likeness (QED) is 0.364. The third-order valence-electron chi connectivity index (χ3n) is 3.63. The molecule has 0 spiro atoms. The number of benzene rings is 1. The van der Waals surface area contributed by atoms with Gasteiger partial charge in [0, 0.05) is 5.38 Å². The van der Waals surface area contributed by atoms with Gasteiger partial charge in [0.05, 0.1) is 5.56 Å². The third kappa shape index (κ3) is 3.62. The first-order chi connectivity index (χ1) is 8.88. The van der Waals surface area contributed by atoms with E-state index in [1.165, 1.54) is 6.07 Å². The molecule has 0 saturated heterocycles. The Morgan fingerprint density at radius 2 is 1.79 bits per heavy atom. The zero-order valence-corrected chi connectivity index (χ0v) is 11.1. The van der Waals surface area contributed by atoms with Crippen molar-refractivity contribution in [3.63, 3.8) is 0 Å². The number of halogens is 5. The summed E-state index contributed by atoms with van der Waals surface area (Å²) in [6.07, 6.45) is -0.160. The van der Waals surface area contributed by atoms with Crippen molar-refractivity contribution < 1.29 is 17.6 Å². The van der Waals surface area contributed by atoms with E-state index in [1.807, 2.05) is 0 Å². The fourth-order valence-corrected chi connectivity index (χ4v) is 2.99. The first kappa shape index (κ1) is 14.6. The lowest BCUT2D eigenvalue weighted by molar-refractivity contribution is -0.140. The van der Waals surface area contributed by atoms with E-state index in [2.05, 4.69) is 0 Å². The molecule has 0 amide bonds. The van der Waals surface area contributed by atoms with E-state index in [1.54, 1.807) is 0 Å². The summed E-state index contributed by atoms with van der Waals surface area (Å²) in [4.78, 5) is 0. The third-order valence-corrected chi connectivity index (χ3v) is 4.03. The highest BCUT2D eigenvalue weighted by Crippen LogP contribution is 2.37. The maximum absolute atomic E-state index is 13.5. The van der Waals surface area contributed by atoms with Gasteiger partial charge in [0.15, 0.2) is 0 Å². The van der Waals surface area contributed by atoms with Crippen molar-refractivity contribution in [1.82, 2.24) is 0 Å².